The van der Waals surface area contributed by atoms with Gasteiger partial charge in [-0.3, -0.25) is 19.5 Å². The lowest BCUT2D eigenvalue weighted by Gasteiger charge is -2.50. The fraction of sp³-hybridized carbons (Fsp3) is 0.579. The molecule has 2 aromatic heterocycles. The number of hydroxylamine groups is 2. The second kappa shape index (κ2) is 18.8. The molecule has 4 amide bonds. The third-order valence-electron chi connectivity index (χ3n) is 8.29. The maximum Gasteiger partial charge on any atom is 0.418 e. The minimum Gasteiger partial charge on any atom is -0.489 e. The maximum absolute atomic E-state index is 13.9. The van der Waals surface area contributed by atoms with Gasteiger partial charge in [-0.25, -0.2) is 19.4 Å². The average Bonchev–Trinajstić information content (AvgIpc) is 3.69. The summed E-state index contributed by atoms with van der Waals surface area (Å²) in [6.07, 6.45) is -0.400. The van der Waals surface area contributed by atoms with E-state index in [0.717, 1.165) is 22.2 Å². The number of oxime groups is 1. The summed E-state index contributed by atoms with van der Waals surface area (Å²) in [7, 11) is -3.20. The SMILES string of the molecule is C[n+]1c2ccc(OC[C@H](O/N=C(\C(=O)N[C@@H]3C(=O)N(OS(=O)(=O)O)C3(C)C)c3csc(NC(=O)OC(C)(C)C)n3)C(=O)OC(C)(C)C)cc2cn1CCCNC(=O)OC(C)(C)C. The lowest BCUT2D eigenvalue weighted by atomic mass is 9.84. The van der Waals surface area contributed by atoms with Gasteiger partial charge in [-0.05, 0) is 94.7 Å². The predicted molar refractivity (Wildman–Crippen MR) is 222 cm³/mol. The molecule has 0 bridgehead atoms. The normalized spacial score (nSPS) is 16.2. The Hall–Kier alpha value is -5.59. The third kappa shape index (κ3) is 14.0. The van der Waals surface area contributed by atoms with Crippen LogP contribution in [-0.4, -0.2) is 111 Å². The number of anilines is 1. The molecule has 0 aliphatic carbocycles. The molecule has 1 fully saturated rings. The topological polar surface area (TPSA) is 268 Å². The van der Waals surface area contributed by atoms with Crippen molar-refractivity contribution >= 4 is 73.5 Å². The van der Waals surface area contributed by atoms with Gasteiger partial charge >= 0.3 is 28.6 Å². The van der Waals surface area contributed by atoms with Crippen LogP contribution in [0.5, 0.6) is 5.75 Å². The Morgan fingerprint density at radius 3 is 2.23 bits per heavy atom. The molecule has 3 aromatic rings. The molecule has 0 saturated carbocycles. The zero-order valence-corrected chi connectivity index (χ0v) is 38.3. The molecule has 0 spiro atoms. The molecule has 2 atom stereocenters. The average molecular weight is 912 g/mol. The Morgan fingerprint density at radius 2 is 1.63 bits per heavy atom. The highest BCUT2D eigenvalue weighted by Gasteiger charge is 2.58. The predicted octanol–water partition coefficient (Wildman–Crippen LogP) is 3.53. The second-order valence-electron chi connectivity index (χ2n) is 17.6. The molecule has 4 N–H and O–H groups in total. The summed E-state index contributed by atoms with van der Waals surface area (Å²) in [4.78, 5) is 74.7. The van der Waals surface area contributed by atoms with E-state index in [-0.39, 0.29) is 10.8 Å². The molecule has 22 nitrogen and oxygen atoms in total. The third-order valence-corrected chi connectivity index (χ3v) is 9.38. The van der Waals surface area contributed by atoms with Crippen LogP contribution in [0.25, 0.3) is 10.9 Å². The number of ether oxygens (including phenoxy) is 4. The number of nitrogens with one attached hydrogen (secondary N) is 3. The number of nitrogens with zero attached hydrogens (tertiary/aromatic N) is 5. The molecule has 1 aromatic carbocycles. The molecule has 1 aliphatic rings. The van der Waals surface area contributed by atoms with E-state index in [1.807, 2.05) is 28.7 Å². The van der Waals surface area contributed by atoms with Gasteiger partial charge in [0.25, 0.3) is 17.9 Å². The van der Waals surface area contributed by atoms with Gasteiger partial charge in [-0.2, -0.15) is 18.2 Å². The summed E-state index contributed by atoms with van der Waals surface area (Å²) in [5.41, 5.74) is -3.79. The molecule has 4 rings (SSSR count). The van der Waals surface area contributed by atoms with Crippen LogP contribution in [0.15, 0.2) is 34.9 Å². The number of amides is 4. The van der Waals surface area contributed by atoms with E-state index >= 15 is 0 Å². The van der Waals surface area contributed by atoms with Gasteiger partial charge < -0.3 is 34.4 Å². The highest BCUT2D eigenvalue weighted by Crippen LogP contribution is 2.33. The number of fused-ring (bicyclic) bond motifs is 1. The van der Waals surface area contributed by atoms with Crippen molar-refractivity contribution in [3.05, 3.63) is 35.5 Å². The van der Waals surface area contributed by atoms with Gasteiger partial charge in [0.2, 0.25) is 5.52 Å². The quantitative estimate of drug-likeness (QED) is 0.0234. The molecule has 342 valence electrons. The van der Waals surface area contributed by atoms with Crippen LogP contribution in [0.1, 0.15) is 88.3 Å². The molecular formula is C38H55N8O14S2+. The van der Waals surface area contributed by atoms with Crippen LogP contribution in [0.3, 0.4) is 0 Å². The van der Waals surface area contributed by atoms with Crippen LogP contribution in [0.4, 0.5) is 14.7 Å². The number of carbonyl (C=O) groups is 5. The summed E-state index contributed by atoms with van der Waals surface area (Å²) in [5.74, 6) is -2.65. The van der Waals surface area contributed by atoms with E-state index in [9.17, 15) is 32.4 Å². The zero-order chi connectivity index (χ0) is 46.6. The number of benzene rings is 1. The molecular weight excluding hydrogens is 857 g/mol. The van der Waals surface area contributed by atoms with Crippen LogP contribution in [0.2, 0.25) is 0 Å². The van der Waals surface area contributed by atoms with E-state index in [2.05, 4.69) is 30.4 Å². The molecule has 0 unspecified atom stereocenters. The minimum absolute atomic E-state index is 0.00959. The summed E-state index contributed by atoms with van der Waals surface area (Å²) in [6, 6.07) is 3.86. The first-order valence-electron chi connectivity index (χ1n) is 19.3. The van der Waals surface area contributed by atoms with Crippen LogP contribution in [-0.2, 0) is 61.7 Å². The van der Waals surface area contributed by atoms with Gasteiger partial charge in [-0.1, -0.05) is 5.16 Å². The number of aromatic nitrogens is 3. The Kier molecular flexibility index (Phi) is 14.9. The van der Waals surface area contributed by atoms with Crippen molar-refractivity contribution < 1.29 is 69.7 Å². The van der Waals surface area contributed by atoms with Crippen molar-refractivity contribution in [1.82, 2.24) is 25.4 Å². The summed E-state index contributed by atoms with van der Waals surface area (Å²) in [6.45, 7) is 18.5. The molecule has 24 heteroatoms. The van der Waals surface area contributed by atoms with Gasteiger partial charge in [0.05, 0.1) is 23.7 Å². The smallest absolute Gasteiger partial charge is 0.418 e. The first kappa shape index (κ1) is 49.1. The van der Waals surface area contributed by atoms with E-state index < -0.39 is 87.2 Å². The van der Waals surface area contributed by atoms with E-state index in [4.69, 9.17) is 28.3 Å². The number of hydrogen-bond donors (Lipinski definition) is 4. The van der Waals surface area contributed by atoms with E-state index in [0.29, 0.717) is 30.3 Å². The first-order chi connectivity index (χ1) is 28.4. The molecule has 62 heavy (non-hydrogen) atoms. The fourth-order valence-corrected chi connectivity index (χ4v) is 6.75. The molecule has 3 heterocycles. The van der Waals surface area contributed by atoms with E-state index in [1.165, 1.54) is 19.2 Å². The lowest BCUT2D eigenvalue weighted by Crippen LogP contribution is -2.76. The fourth-order valence-electron chi connectivity index (χ4n) is 5.62. The van der Waals surface area contributed by atoms with Gasteiger partial charge in [0.1, 0.15) is 40.9 Å². The largest absolute Gasteiger partial charge is 0.489 e. The van der Waals surface area contributed by atoms with Gasteiger partial charge in [0, 0.05) is 18.0 Å². The van der Waals surface area contributed by atoms with Gasteiger partial charge in [0.15, 0.2) is 17.9 Å². The number of rotatable bonds is 16. The Labute approximate surface area is 363 Å². The summed E-state index contributed by atoms with van der Waals surface area (Å²) >= 11 is 0.892. The van der Waals surface area contributed by atoms with Crippen LogP contribution < -0.4 is 25.4 Å². The number of esters is 1. The van der Waals surface area contributed by atoms with Crippen LogP contribution >= 0.6 is 11.3 Å². The maximum atomic E-state index is 13.9. The van der Waals surface area contributed by atoms with Crippen molar-refractivity contribution in [3.63, 3.8) is 0 Å². The number of β-lactam (4-membered cyclic amide) rings is 1. The summed E-state index contributed by atoms with van der Waals surface area (Å²) in [5, 5.41) is 14.1. The van der Waals surface area contributed by atoms with Gasteiger partial charge in [-0.15, -0.1) is 20.3 Å². The zero-order valence-electron chi connectivity index (χ0n) is 36.7. The monoisotopic (exact) mass is 911 g/mol. The highest BCUT2D eigenvalue weighted by molar-refractivity contribution is 7.80. The number of thiazole rings is 1. The van der Waals surface area contributed by atoms with Crippen molar-refractivity contribution in [2.45, 2.75) is 124 Å². The first-order valence-corrected chi connectivity index (χ1v) is 21.5. The van der Waals surface area contributed by atoms with Crippen molar-refractivity contribution in [1.29, 1.82) is 0 Å². The number of carbonyl (C=O) groups excluding carboxylic acids is 5. The van der Waals surface area contributed by atoms with Crippen molar-refractivity contribution in [3.8, 4) is 5.75 Å². The Morgan fingerprint density at radius 1 is 1.00 bits per heavy atom. The number of hydrogen-bond acceptors (Lipinski definition) is 16. The molecule has 1 aliphatic heterocycles. The van der Waals surface area contributed by atoms with Crippen molar-refractivity contribution in [2.24, 2.45) is 12.2 Å². The Balaban J connectivity index is 1.58. The minimum atomic E-state index is -5.08. The molecule has 0 radical (unpaired) electrons. The standard InChI is InChI=1S/C38H54N8O14S2/c1-35(2,3)56-31(49)26(20-55-23-14-15-25-22(18-23)19-45(44(25)12)17-13-16-39-33(50)57-36(4,5)6)59-43-27(24-21-61-32(40-24)42-34(51)58-37(7,8)9)29(47)41-28-30(48)46(38(28,10)11)60-62(52,53)54/h14-15,18-19,21,26,28H,13,16-17,20H2,1-12H3,(H3-,39,40,41,42,47,50,51,52,53,54)/p+1/b43-27-/t26-,28+/m0/s1. The lowest BCUT2D eigenvalue weighted by molar-refractivity contribution is -0.730. The highest BCUT2D eigenvalue weighted by atomic mass is 32.3. The Bertz CT molecular complexity index is 2300. The van der Waals surface area contributed by atoms with Crippen molar-refractivity contribution in [2.75, 3.05) is 18.5 Å². The van der Waals surface area contributed by atoms with Crippen LogP contribution in [0, 0.1) is 0 Å². The number of alkyl carbamates (subject to hydrolysis) is 1. The van der Waals surface area contributed by atoms with E-state index in [1.54, 1.807) is 74.4 Å². The number of aryl methyl sites for hydroxylation is 2. The second-order valence-corrected chi connectivity index (χ2v) is 19.4. The molecule has 1 saturated heterocycles. The summed E-state index contributed by atoms with van der Waals surface area (Å²) < 4.78 is 62.3.